The Hall–Kier alpha value is -0.860. The molecule has 0 radical (unpaired) electrons. The summed E-state index contributed by atoms with van der Waals surface area (Å²) < 4.78 is 1.15. The third-order valence-corrected chi connectivity index (χ3v) is 4.74. The van der Waals surface area contributed by atoms with Gasteiger partial charge in [-0.3, -0.25) is 0 Å². The maximum Gasteiger partial charge on any atom is 0.0181 e. The Balaban J connectivity index is 1.72. The average Bonchev–Trinajstić information content (AvgIpc) is 2.82. The summed E-state index contributed by atoms with van der Waals surface area (Å²) in [5.74, 6) is 0. The first-order valence-corrected chi connectivity index (χ1v) is 7.94. The number of rotatable bonds is 3. The lowest BCUT2D eigenvalue weighted by atomic mass is 10.0. The molecule has 0 amide bonds. The van der Waals surface area contributed by atoms with Crippen LogP contribution in [0.4, 0.5) is 0 Å². The molecule has 2 aromatic rings. The number of halogens is 1. The topological polar surface area (TPSA) is 3.24 Å². The van der Waals surface area contributed by atoms with Gasteiger partial charge in [-0.25, -0.2) is 0 Å². The fourth-order valence-corrected chi connectivity index (χ4v) is 3.40. The molecule has 0 bridgehead atoms. The second-order valence-electron chi connectivity index (χ2n) is 5.60. The minimum absolute atomic E-state index is 0.774. The second-order valence-corrected chi connectivity index (χ2v) is 6.52. The molecule has 2 aromatic carbocycles. The van der Waals surface area contributed by atoms with Crippen LogP contribution in [0, 0.1) is 0 Å². The van der Waals surface area contributed by atoms with Crippen molar-refractivity contribution in [2.75, 3.05) is 13.1 Å². The first-order chi connectivity index (χ1) is 9.22. The Kier molecular flexibility index (Phi) is 3.90. The van der Waals surface area contributed by atoms with E-state index in [2.05, 4.69) is 64.2 Å². The van der Waals surface area contributed by atoms with Crippen LogP contribution in [0.25, 0.3) is 10.8 Å². The lowest BCUT2D eigenvalue weighted by Gasteiger charge is -2.20. The van der Waals surface area contributed by atoms with Crippen molar-refractivity contribution in [3.05, 3.63) is 46.4 Å². The molecule has 1 heterocycles. The van der Waals surface area contributed by atoms with Crippen LogP contribution < -0.4 is 0 Å². The molecule has 0 saturated carbocycles. The van der Waals surface area contributed by atoms with E-state index in [1.54, 1.807) is 0 Å². The maximum atomic E-state index is 3.53. The van der Waals surface area contributed by atoms with Crippen molar-refractivity contribution in [1.29, 1.82) is 0 Å². The van der Waals surface area contributed by atoms with Gasteiger partial charge in [0, 0.05) is 17.1 Å². The molecule has 1 aliphatic rings. The number of likely N-dealkylation sites (tertiary alicyclic amines) is 1. The zero-order chi connectivity index (χ0) is 13.2. The highest BCUT2D eigenvalue weighted by molar-refractivity contribution is 9.10. The highest BCUT2D eigenvalue weighted by atomic mass is 79.9. The standard InChI is InChI=1S/C17H20BrN/c1-13-3-2-9-19(13)10-8-14-4-5-16-12-17(18)7-6-15(16)11-14/h4-7,11-13H,2-3,8-10H2,1H3. The Bertz CT molecular complexity index is 578. The molecule has 1 atom stereocenters. The zero-order valence-electron chi connectivity index (χ0n) is 11.4. The van der Waals surface area contributed by atoms with E-state index in [0.717, 1.165) is 16.9 Å². The summed E-state index contributed by atoms with van der Waals surface area (Å²) in [6.07, 6.45) is 3.90. The molecule has 1 nitrogen and oxygen atoms in total. The summed E-state index contributed by atoms with van der Waals surface area (Å²) in [5.41, 5.74) is 1.45. The van der Waals surface area contributed by atoms with Gasteiger partial charge >= 0.3 is 0 Å². The third-order valence-electron chi connectivity index (χ3n) is 4.24. The normalized spacial score (nSPS) is 20.2. The Morgan fingerprint density at radius 2 is 1.95 bits per heavy atom. The van der Waals surface area contributed by atoms with Crippen molar-refractivity contribution >= 4 is 26.7 Å². The molecule has 1 aliphatic heterocycles. The first-order valence-electron chi connectivity index (χ1n) is 7.14. The van der Waals surface area contributed by atoms with E-state index in [0.29, 0.717) is 0 Å². The number of fused-ring (bicyclic) bond motifs is 1. The maximum absolute atomic E-state index is 3.53. The first kappa shape index (κ1) is 13.1. The van der Waals surface area contributed by atoms with Crippen LogP contribution in [0.2, 0.25) is 0 Å². The van der Waals surface area contributed by atoms with E-state index >= 15 is 0 Å². The van der Waals surface area contributed by atoms with Crippen molar-refractivity contribution < 1.29 is 0 Å². The summed E-state index contributed by atoms with van der Waals surface area (Å²) in [4.78, 5) is 2.62. The molecule has 0 spiro atoms. The number of benzene rings is 2. The number of hydrogen-bond acceptors (Lipinski definition) is 1. The van der Waals surface area contributed by atoms with Crippen LogP contribution in [-0.2, 0) is 6.42 Å². The monoisotopic (exact) mass is 317 g/mol. The largest absolute Gasteiger partial charge is 0.300 e. The van der Waals surface area contributed by atoms with Crippen molar-refractivity contribution in [3.8, 4) is 0 Å². The Morgan fingerprint density at radius 1 is 1.16 bits per heavy atom. The SMILES string of the molecule is CC1CCCN1CCc1ccc2cc(Br)ccc2c1. The molecule has 0 aromatic heterocycles. The van der Waals surface area contributed by atoms with Crippen LogP contribution in [0.5, 0.6) is 0 Å². The third kappa shape index (κ3) is 3.01. The van der Waals surface area contributed by atoms with Crippen molar-refractivity contribution in [2.24, 2.45) is 0 Å². The predicted molar refractivity (Wildman–Crippen MR) is 85.6 cm³/mol. The minimum atomic E-state index is 0.774. The van der Waals surface area contributed by atoms with Gasteiger partial charge in [-0.05, 0) is 61.2 Å². The van der Waals surface area contributed by atoms with Gasteiger partial charge in [-0.15, -0.1) is 0 Å². The van der Waals surface area contributed by atoms with E-state index in [4.69, 9.17) is 0 Å². The van der Waals surface area contributed by atoms with Crippen LogP contribution in [0.15, 0.2) is 40.9 Å². The van der Waals surface area contributed by atoms with E-state index in [-0.39, 0.29) is 0 Å². The molecule has 0 N–H and O–H groups in total. The van der Waals surface area contributed by atoms with Gasteiger partial charge in [0.2, 0.25) is 0 Å². The highest BCUT2D eigenvalue weighted by Gasteiger charge is 2.19. The summed E-state index contributed by atoms with van der Waals surface area (Å²) in [7, 11) is 0. The van der Waals surface area contributed by atoms with Gasteiger partial charge < -0.3 is 4.90 Å². The molecule has 3 rings (SSSR count). The number of hydrogen-bond donors (Lipinski definition) is 0. The van der Waals surface area contributed by atoms with Crippen molar-refractivity contribution in [1.82, 2.24) is 4.90 Å². The summed E-state index contributed by atoms with van der Waals surface area (Å²) in [6.45, 7) is 4.83. The van der Waals surface area contributed by atoms with E-state index in [9.17, 15) is 0 Å². The summed E-state index contributed by atoms with van der Waals surface area (Å²) >= 11 is 3.53. The summed E-state index contributed by atoms with van der Waals surface area (Å²) in [6, 6.07) is 14.1. The molecule has 1 saturated heterocycles. The zero-order valence-corrected chi connectivity index (χ0v) is 13.0. The van der Waals surface area contributed by atoms with Gasteiger partial charge in [0.1, 0.15) is 0 Å². The highest BCUT2D eigenvalue weighted by Crippen LogP contribution is 2.22. The van der Waals surface area contributed by atoms with E-state index < -0.39 is 0 Å². The van der Waals surface area contributed by atoms with E-state index in [1.165, 1.54) is 42.3 Å². The molecule has 1 unspecified atom stereocenters. The quantitative estimate of drug-likeness (QED) is 0.797. The van der Waals surface area contributed by atoms with Gasteiger partial charge in [-0.2, -0.15) is 0 Å². The lowest BCUT2D eigenvalue weighted by Crippen LogP contribution is -2.28. The molecule has 0 aliphatic carbocycles. The fourth-order valence-electron chi connectivity index (χ4n) is 3.02. The van der Waals surface area contributed by atoms with Gasteiger partial charge in [0.05, 0.1) is 0 Å². The van der Waals surface area contributed by atoms with E-state index in [1.807, 2.05) is 0 Å². The van der Waals surface area contributed by atoms with Gasteiger partial charge in [0.15, 0.2) is 0 Å². The molecule has 1 fully saturated rings. The van der Waals surface area contributed by atoms with Crippen LogP contribution in [0.1, 0.15) is 25.3 Å². The Morgan fingerprint density at radius 3 is 2.74 bits per heavy atom. The molecular weight excluding hydrogens is 298 g/mol. The molecule has 100 valence electrons. The van der Waals surface area contributed by atoms with Crippen molar-refractivity contribution in [2.45, 2.75) is 32.2 Å². The summed E-state index contributed by atoms with van der Waals surface area (Å²) in [5, 5.41) is 2.66. The van der Waals surface area contributed by atoms with Gasteiger partial charge in [-0.1, -0.05) is 40.2 Å². The molecule has 2 heteroatoms. The van der Waals surface area contributed by atoms with Crippen LogP contribution in [-0.4, -0.2) is 24.0 Å². The Labute approximate surface area is 123 Å². The van der Waals surface area contributed by atoms with Crippen LogP contribution >= 0.6 is 15.9 Å². The minimum Gasteiger partial charge on any atom is -0.300 e. The van der Waals surface area contributed by atoms with Gasteiger partial charge in [0.25, 0.3) is 0 Å². The molecule has 19 heavy (non-hydrogen) atoms. The molecular formula is C17H20BrN. The van der Waals surface area contributed by atoms with Crippen molar-refractivity contribution in [3.63, 3.8) is 0 Å². The van der Waals surface area contributed by atoms with Crippen LogP contribution in [0.3, 0.4) is 0 Å². The fraction of sp³-hybridized carbons (Fsp3) is 0.412. The number of nitrogens with zero attached hydrogens (tertiary/aromatic N) is 1. The second kappa shape index (κ2) is 5.64. The average molecular weight is 318 g/mol. The lowest BCUT2D eigenvalue weighted by molar-refractivity contribution is 0.272. The smallest absolute Gasteiger partial charge is 0.0181 e. The predicted octanol–water partition coefficient (Wildman–Crippen LogP) is 4.63.